The zero-order valence-corrected chi connectivity index (χ0v) is 12.8. The van der Waals surface area contributed by atoms with Crippen molar-refractivity contribution in [2.24, 2.45) is 0 Å². The molecular weight excluding hydrogens is 334 g/mol. The lowest BCUT2D eigenvalue weighted by molar-refractivity contribution is 0.608. The number of aryl methyl sites for hydroxylation is 2. The quantitative estimate of drug-likeness (QED) is 0.611. The molecule has 0 saturated carbocycles. The molecule has 2 aromatic rings. The number of halogens is 4. The highest BCUT2D eigenvalue weighted by Crippen LogP contribution is 2.37. The van der Waals surface area contributed by atoms with Gasteiger partial charge in [0.05, 0.1) is 9.85 Å². The third kappa shape index (κ3) is 2.82. The molecule has 0 nitrogen and oxygen atoms in total. The molecule has 0 heterocycles. The summed E-state index contributed by atoms with van der Waals surface area (Å²) < 4.78 is 27.1. The van der Waals surface area contributed by atoms with Crippen LogP contribution >= 0.6 is 27.5 Å². The fraction of sp³-hybridized carbons (Fsp3) is 0.200. The van der Waals surface area contributed by atoms with Crippen molar-refractivity contribution >= 4 is 27.5 Å². The van der Waals surface area contributed by atoms with Gasteiger partial charge >= 0.3 is 0 Å². The molecule has 0 amide bonds. The van der Waals surface area contributed by atoms with Crippen molar-refractivity contribution in [2.45, 2.75) is 18.7 Å². The number of rotatable bonds is 2. The molecule has 0 N–H and O–H groups in total. The number of hydrogen-bond acceptors (Lipinski definition) is 0. The fourth-order valence-corrected chi connectivity index (χ4v) is 3.03. The molecule has 0 radical (unpaired) electrons. The maximum absolute atomic E-state index is 13.6. The highest BCUT2D eigenvalue weighted by Gasteiger charge is 2.17. The van der Waals surface area contributed by atoms with E-state index in [1.54, 1.807) is 38.1 Å². The second-order valence-corrected chi connectivity index (χ2v) is 5.77. The summed E-state index contributed by atoms with van der Waals surface area (Å²) in [5, 5.41) is 0.0870. The third-order valence-electron chi connectivity index (χ3n) is 3.01. The van der Waals surface area contributed by atoms with Gasteiger partial charge in [-0.2, -0.15) is 0 Å². The normalized spacial score (nSPS) is 12.5. The zero-order chi connectivity index (χ0) is 14.2. The van der Waals surface area contributed by atoms with Crippen molar-refractivity contribution in [3.8, 4) is 0 Å². The van der Waals surface area contributed by atoms with E-state index in [0.717, 1.165) is 5.56 Å². The van der Waals surface area contributed by atoms with E-state index >= 15 is 0 Å². The van der Waals surface area contributed by atoms with E-state index in [-0.39, 0.29) is 15.7 Å². The summed E-state index contributed by atoms with van der Waals surface area (Å²) in [5.74, 6) is -0.673. The molecule has 0 aliphatic heterocycles. The van der Waals surface area contributed by atoms with Gasteiger partial charge in [-0.25, -0.2) is 8.78 Å². The van der Waals surface area contributed by atoms with Crippen LogP contribution in [0.5, 0.6) is 0 Å². The summed E-state index contributed by atoms with van der Waals surface area (Å²) in [5.41, 5.74) is 2.61. The Morgan fingerprint density at radius 3 is 2.26 bits per heavy atom. The molecule has 2 aromatic carbocycles. The summed E-state index contributed by atoms with van der Waals surface area (Å²) >= 11 is 9.47. The molecular formula is C15H12BrClF2. The smallest absolute Gasteiger partial charge is 0.142 e. The number of hydrogen-bond donors (Lipinski definition) is 0. The monoisotopic (exact) mass is 344 g/mol. The van der Waals surface area contributed by atoms with Crippen molar-refractivity contribution in [1.82, 2.24) is 0 Å². The topological polar surface area (TPSA) is 0 Å². The largest absolute Gasteiger partial charge is 0.206 e. The lowest BCUT2D eigenvalue weighted by Crippen LogP contribution is -1.99. The lowest BCUT2D eigenvalue weighted by atomic mass is 10.00. The standard InChI is InChI=1S/C15H12BrClF2/c1-8-6-10(7-9(2)15(8)19)13(16)11-4-3-5-12(18)14(11)17/h3-7,13H,1-2H3. The molecule has 100 valence electrons. The van der Waals surface area contributed by atoms with Crippen molar-refractivity contribution in [3.05, 3.63) is 69.2 Å². The lowest BCUT2D eigenvalue weighted by Gasteiger charge is -2.15. The van der Waals surface area contributed by atoms with Crippen LogP contribution in [-0.2, 0) is 0 Å². The Kier molecular flexibility index (Phi) is 4.26. The predicted octanol–water partition coefficient (Wildman–Crippen LogP) is 5.72. The van der Waals surface area contributed by atoms with Gasteiger partial charge < -0.3 is 0 Å². The Balaban J connectivity index is 2.50. The molecule has 0 aliphatic rings. The van der Waals surface area contributed by atoms with Gasteiger partial charge in [-0.05, 0) is 42.2 Å². The highest BCUT2D eigenvalue weighted by molar-refractivity contribution is 9.09. The predicted molar refractivity (Wildman–Crippen MR) is 78.1 cm³/mol. The van der Waals surface area contributed by atoms with Crippen LogP contribution < -0.4 is 0 Å². The molecule has 0 aromatic heterocycles. The van der Waals surface area contributed by atoms with Gasteiger partial charge in [-0.3, -0.25) is 0 Å². The van der Waals surface area contributed by atoms with Gasteiger partial charge in [0.25, 0.3) is 0 Å². The third-order valence-corrected chi connectivity index (χ3v) is 4.43. The maximum atomic E-state index is 13.6. The second-order valence-electron chi connectivity index (χ2n) is 4.47. The Morgan fingerprint density at radius 2 is 1.68 bits per heavy atom. The molecule has 0 aliphatic carbocycles. The fourth-order valence-electron chi connectivity index (χ4n) is 2.02. The minimum atomic E-state index is -0.459. The molecule has 2 rings (SSSR count). The van der Waals surface area contributed by atoms with E-state index in [4.69, 9.17) is 11.6 Å². The van der Waals surface area contributed by atoms with Crippen LogP contribution in [0.2, 0.25) is 5.02 Å². The van der Waals surface area contributed by atoms with E-state index in [9.17, 15) is 8.78 Å². The van der Waals surface area contributed by atoms with Crippen LogP contribution in [0.4, 0.5) is 8.78 Å². The van der Waals surface area contributed by atoms with Crippen molar-refractivity contribution in [2.75, 3.05) is 0 Å². The van der Waals surface area contributed by atoms with E-state index in [1.165, 1.54) is 6.07 Å². The summed E-state index contributed by atoms with van der Waals surface area (Å²) in [7, 11) is 0. The molecule has 1 atom stereocenters. The summed E-state index contributed by atoms with van der Waals surface area (Å²) in [6.45, 7) is 3.41. The van der Waals surface area contributed by atoms with Gasteiger partial charge in [0, 0.05) is 0 Å². The first-order chi connectivity index (χ1) is 8.91. The van der Waals surface area contributed by atoms with Crippen LogP contribution in [0.1, 0.15) is 27.1 Å². The first-order valence-electron chi connectivity index (χ1n) is 5.76. The van der Waals surface area contributed by atoms with Crippen LogP contribution in [0.3, 0.4) is 0 Å². The van der Waals surface area contributed by atoms with Crippen molar-refractivity contribution < 1.29 is 8.78 Å². The van der Waals surface area contributed by atoms with Gasteiger partial charge in [0.1, 0.15) is 11.6 Å². The van der Waals surface area contributed by atoms with Gasteiger partial charge in [0.15, 0.2) is 0 Å². The Bertz CT molecular complexity index is 603. The van der Waals surface area contributed by atoms with E-state index in [2.05, 4.69) is 15.9 Å². The molecule has 0 spiro atoms. The molecule has 1 unspecified atom stereocenters. The van der Waals surface area contributed by atoms with Crippen LogP contribution in [-0.4, -0.2) is 0 Å². The van der Waals surface area contributed by atoms with Crippen LogP contribution in [0.15, 0.2) is 30.3 Å². The average molecular weight is 346 g/mol. The molecule has 0 bridgehead atoms. The Labute approximate surface area is 124 Å². The molecule has 0 saturated heterocycles. The van der Waals surface area contributed by atoms with Crippen molar-refractivity contribution in [3.63, 3.8) is 0 Å². The summed E-state index contributed by atoms with van der Waals surface area (Å²) in [6, 6.07) is 8.14. The van der Waals surface area contributed by atoms with Gasteiger partial charge in [-0.15, -0.1) is 0 Å². The first kappa shape index (κ1) is 14.5. The van der Waals surface area contributed by atoms with Crippen molar-refractivity contribution in [1.29, 1.82) is 0 Å². The Morgan fingerprint density at radius 1 is 1.11 bits per heavy atom. The van der Waals surface area contributed by atoms with E-state index in [1.807, 2.05) is 0 Å². The molecule has 0 fully saturated rings. The zero-order valence-electron chi connectivity index (χ0n) is 10.5. The average Bonchev–Trinajstić information content (AvgIpc) is 2.38. The Hall–Kier alpha value is -0.930. The van der Waals surface area contributed by atoms with E-state index < -0.39 is 5.82 Å². The van der Waals surface area contributed by atoms with Crippen LogP contribution in [0, 0.1) is 25.5 Å². The van der Waals surface area contributed by atoms with Gasteiger partial charge in [-0.1, -0.05) is 51.8 Å². The maximum Gasteiger partial charge on any atom is 0.142 e. The SMILES string of the molecule is Cc1cc(C(Br)c2cccc(F)c2Cl)cc(C)c1F. The summed E-state index contributed by atoms with van der Waals surface area (Å²) in [6.07, 6.45) is 0. The number of benzene rings is 2. The highest BCUT2D eigenvalue weighted by atomic mass is 79.9. The molecule has 19 heavy (non-hydrogen) atoms. The number of alkyl halides is 1. The van der Waals surface area contributed by atoms with Gasteiger partial charge in [0.2, 0.25) is 0 Å². The van der Waals surface area contributed by atoms with E-state index in [0.29, 0.717) is 16.7 Å². The molecule has 4 heteroatoms. The second kappa shape index (κ2) is 5.59. The minimum absolute atomic E-state index is 0.0870. The first-order valence-corrected chi connectivity index (χ1v) is 7.05. The van der Waals surface area contributed by atoms with Crippen LogP contribution in [0.25, 0.3) is 0 Å². The minimum Gasteiger partial charge on any atom is -0.206 e. The summed E-state index contributed by atoms with van der Waals surface area (Å²) in [4.78, 5) is -0.270.